The highest BCUT2D eigenvalue weighted by atomic mass is 16.7. The molecule has 0 spiro atoms. The van der Waals surface area contributed by atoms with Gasteiger partial charge in [0, 0.05) is 71.1 Å². The zero-order chi connectivity index (χ0) is 21.2. The minimum Gasteiger partial charge on any atom is -0.379 e. The van der Waals surface area contributed by atoms with Gasteiger partial charge in [0.2, 0.25) is 5.91 Å². The van der Waals surface area contributed by atoms with E-state index in [9.17, 15) is 4.79 Å². The molecule has 5 heterocycles. The number of morpholine rings is 1. The van der Waals surface area contributed by atoms with Gasteiger partial charge in [-0.05, 0) is 6.42 Å². The van der Waals surface area contributed by atoms with Gasteiger partial charge in [-0.2, -0.15) is 5.48 Å². The van der Waals surface area contributed by atoms with Gasteiger partial charge in [0.05, 0.1) is 38.5 Å². The van der Waals surface area contributed by atoms with Crippen LogP contribution in [0.25, 0.3) is 0 Å². The third-order valence-electron chi connectivity index (χ3n) is 8.48. The molecule has 0 aromatic heterocycles. The Labute approximate surface area is 186 Å². The number of rotatable bonds is 4. The Balaban J connectivity index is 1.10. The number of nitrogens with two attached hydrogens (primary N) is 1. The number of hydrogen-bond acceptors (Lipinski definition) is 6. The third kappa shape index (κ3) is 4.93. The molecule has 0 aromatic carbocycles. The van der Waals surface area contributed by atoms with E-state index in [4.69, 9.17) is 9.57 Å². The lowest BCUT2D eigenvalue weighted by Crippen LogP contribution is -3.19. The molecule has 0 saturated carbocycles. The summed E-state index contributed by atoms with van der Waals surface area (Å²) in [6.45, 7) is 9.81. The topological polar surface area (TPSA) is 87.1 Å². The summed E-state index contributed by atoms with van der Waals surface area (Å²) in [5.41, 5.74) is 3.36. The number of carbonyl (C=O) groups excluding carboxylic acids is 1. The zero-order valence-electron chi connectivity index (χ0n) is 19.1. The molecule has 5 unspecified atom stereocenters. The third-order valence-corrected chi connectivity index (χ3v) is 8.48. The average Bonchev–Trinajstić information content (AvgIpc) is 3.50. The molecule has 5 aliphatic heterocycles. The average molecular weight is 439 g/mol. The summed E-state index contributed by atoms with van der Waals surface area (Å²) in [5.74, 6) is 0.824. The van der Waals surface area contributed by atoms with E-state index in [0.29, 0.717) is 24.2 Å². The molecule has 9 nitrogen and oxygen atoms in total. The summed E-state index contributed by atoms with van der Waals surface area (Å²) >= 11 is 0. The van der Waals surface area contributed by atoms with Gasteiger partial charge in [-0.15, -0.1) is 0 Å². The van der Waals surface area contributed by atoms with Crippen molar-refractivity contribution in [1.29, 1.82) is 0 Å². The number of ether oxygens (including phenoxy) is 1. The molecule has 31 heavy (non-hydrogen) atoms. The predicted molar refractivity (Wildman–Crippen MR) is 115 cm³/mol. The van der Waals surface area contributed by atoms with Crippen molar-refractivity contribution in [1.82, 2.24) is 20.6 Å². The molecule has 5 aliphatic rings. The van der Waals surface area contributed by atoms with Crippen LogP contribution >= 0.6 is 0 Å². The van der Waals surface area contributed by atoms with Crippen LogP contribution in [0, 0.1) is 5.92 Å². The van der Waals surface area contributed by atoms with Crippen molar-refractivity contribution in [3.63, 3.8) is 0 Å². The Morgan fingerprint density at radius 1 is 1.06 bits per heavy atom. The summed E-state index contributed by atoms with van der Waals surface area (Å²) in [6.07, 6.45) is 8.20. The van der Waals surface area contributed by atoms with Crippen molar-refractivity contribution in [3.05, 3.63) is 0 Å². The molecule has 6 atom stereocenters. The van der Waals surface area contributed by atoms with E-state index in [1.54, 1.807) is 11.8 Å². The second kappa shape index (κ2) is 9.99. The monoisotopic (exact) mass is 438 g/mol. The van der Waals surface area contributed by atoms with Crippen LogP contribution in [0.15, 0.2) is 0 Å². The number of likely N-dealkylation sites (tertiary alicyclic amines) is 2. The van der Waals surface area contributed by atoms with Crippen LogP contribution in [0.2, 0.25) is 0 Å². The highest BCUT2D eigenvalue weighted by molar-refractivity contribution is 5.73. The number of piperidine rings is 2. The maximum atomic E-state index is 11.7. The van der Waals surface area contributed by atoms with E-state index >= 15 is 0 Å². The lowest BCUT2D eigenvalue weighted by molar-refractivity contribution is -0.942. The Hall–Kier alpha value is -0.810. The second-order valence-electron chi connectivity index (χ2n) is 10.2. The largest absolute Gasteiger partial charge is 0.379 e. The molecular weight excluding hydrogens is 396 g/mol. The Bertz CT molecular complexity index is 602. The number of nitrogens with zero attached hydrogens (tertiary/aromatic N) is 2. The highest BCUT2D eigenvalue weighted by Crippen LogP contribution is 2.21. The van der Waals surface area contributed by atoms with E-state index in [-0.39, 0.29) is 18.3 Å². The van der Waals surface area contributed by atoms with Crippen molar-refractivity contribution in [2.75, 3.05) is 52.5 Å². The molecule has 5 saturated heterocycles. The molecule has 0 radical (unpaired) electrons. The zero-order valence-corrected chi connectivity index (χ0v) is 19.1. The van der Waals surface area contributed by atoms with Crippen molar-refractivity contribution >= 4 is 5.91 Å². The molecule has 0 aliphatic carbocycles. The van der Waals surface area contributed by atoms with E-state index in [0.717, 1.165) is 58.8 Å². The SMILES string of the molecule is CC(=O)N1CCC([NH+]2CCC[C@H]2C2NC(C3CCC(N4CCOCC4)[NH2+]C3)NO2)CC1. The number of carbonyl (C=O) groups is 1. The van der Waals surface area contributed by atoms with E-state index in [1.165, 1.54) is 32.2 Å². The first-order chi connectivity index (χ1) is 15.2. The van der Waals surface area contributed by atoms with E-state index in [2.05, 4.69) is 21.0 Å². The fourth-order valence-corrected chi connectivity index (χ4v) is 6.63. The molecular formula is C22H42N6O3+2. The minimum atomic E-state index is 0.102. The maximum Gasteiger partial charge on any atom is 0.219 e. The first-order valence-corrected chi connectivity index (χ1v) is 12.6. The van der Waals surface area contributed by atoms with Gasteiger partial charge < -0.3 is 19.9 Å². The van der Waals surface area contributed by atoms with Crippen molar-refractivity contribution in [2.24, 2.45) is 5.92 Å². The number of nitrogens with one attached hydrogen (secondary N) is 3. The molecule has 0 bridgehead atoms. The van der Waals surface area contributed by atoms with Gasteiger partial charge in [0.25, 0.3) is 0 Å². The second-order valence-corrected chi connectivity index (χ2v) is 10.2. The minimum absolute atomic E-state index is 0.102. The van der Waals surface area contributed by atoms with Crippen LogP contribution in [0.4, 0.5) is 0 Å². The summed E-state index contributed by atoms with van der Waals surface area (Å²) in [4.78, 5) is 24.1. The molecule has 9 heteroatoms. The van der Waals surface area contributed by atoms with Crippen LogP contribution in [-0.2, 0) is 14.4 Å². The highest BCUT2D eigenvalue weighted by Gasteiger charge is 2.46. The molecule has 5 fully saturated rings. The van der Waals surface area contributed by atoms with Gasteiger partial charge in [0.1, 0.15) is 12.2 Å². The first kappa shape index (κ1) is 22.0. The molecule has 1 amide bonds. The molecule has 5 rings (SSSR count). The van der Waals surface area contributed by atoms with Crippen LogP contribution < -0.4 is 21.0 Å². The fraction of sp³-hybridized carbons (Fsp3) is 0.955. The van der Waals surface area contributed by atoms with Crippen LogP contribution in [-0.4, -0.2) is 98.8 Å². The van der Waals surface area contributed by atoms with Gasteiger partial charge in [-0.3, -0.25) is 14.9 Å². The quantitative estimate of drug-likeness (QED) is 0.387. The van der Waals surface area contributed by atoms with E-state index < -0.39 is 0 Å². The smallest absolute Gasteiger partial charge is 0.219 e. The summed E-state index contributed by atoms with van der Waals surface area (Å²) in [5, 5.41) is 6.35. The fourth-order valence-electron chi connectivity index (χ4n) is 6.63. The van der Waals surface area contributed by atoms with Crippen molar-refractivity contribution in [2.45, 2.75) is 76.1 Å². The standard InChI is InChI=1S/C22H40N6O3/c1-16(29)26-9-6-18(7-10-26)28-8-2-3-19(28)22-24-21(25-31-22)17-4-5-20(23-15-17)27-11-13-30-14-12-27/h17-25H,2-15H2,1H3/p+2/t17?,19-,20?,21?,22?/m0/s1. The summed E-state index contributed by atoms with van der Waals surface area (Å²) in [7, 11) is 0. The summed E-state index contributed by atoms with van der Waals surface area (Å²) < 4.78 is 5.51. The maximum absolute atomic E-state index is 11.7. The van der Waals surface area contributed by atoms with Gasteiger partial charge in [-0.1, -0.05) is 0 Å². The number of hydroxylamine groups is 1. The lowest BCUT2D eigenvalue weighted by Gasteiger charge is -2.38. The Morgan fingerprint density at radius 3 is 2.58 bits per heavy atom. The van der Waals surface area contributed by atoms with Crippen molar-refractivity contribution in [3.8, 4) is 0 Å². The lowest BCUT2D eigenvalue weighted by atomic mass is 9.94. The molecule has 176 valence electrons. The predicted octanol–water partition coefficient (Wildman–Crippen LogP) is -2.55. The number of amides is 1. The Kier molecular flexibility index (Phi) is 7.09. The van der Waals surface area contributed by atoms with Gasteiger partial charge >= 0.3 is 0 Å². The Morgan fingerprint density at radius 2 is 1.87 bits per heavy atom. The first-order valence-electron chi connectivity index (χ1n) is 12.6. The normalized spacial score (nSPS) is 41.0. The number of hydrogen-bond donors (Lipinski definition) is 4. The van der Waals surface area contributed by atoms with Crippen LogP contribution in [0.5, 0.6) is 0 Å². The van der Waals surface area contributed by atoms with Crippen LogP contribution in [0.1, 0.15) is 45.4 Å². The van der Waals surface area contributed by atoms with Crippen molar-refractivity contribution < 1.29 is 24.6 Å². The molecule has 0 aromatic rings. The van der Waals surface area contributed by atoms with Gasteiger partial charge in [0.15, 0.2) is 6.23 Å². The summed E-state index contributed by atoms with van der Waals surface area (Å²) in [6, 6.07) is 1.17. The van der Waals surface area contributed by atoms with Gasteiger partial charge in [-0.25, -0.2) is 4.90 Å². The van der Waals surface area contributed by atoms with E-state index in [1.807, 2.05) is 4.90 Å². The number of quaternary nitrogens is 2. The molecule has 5 N–H and O–H groups in total. The van der Waals surface area contributed by atoms with Crippen LogP contribution in [0.3, 0.4) is 0 Å².